The van der Waals surface area contributed by atoms with Crippen molar-refractivity contribution in [3.05, 3.63) is 34.9 Å². The molecule has 7 nitrogen and oxygen atoms in total. The van der Waals surface area contributed by atoms with Gasteiger partial charge in [-0.25, -0.2) is 0 Å². The molecule has 178 valence electrons. The van der Waals surface area contributed by atoms with Crippen LogP contribution in [-0.2, 0) is 20.9 Å². The van der Waals surface area contributed by atoms with Gasteiger partial charge in [-0.3, -0.25) is 19.3 Å². The molecule has 0 bridgehead atoms. The first-order chi connectivity index (χ1) is 15.7. The van der Waals surface area contributed by atoms with E-state index >= 15 is 0 Å². The first-order valence-corrected chi connectivity index (χ1v) is 15.4. The fraction of sp³-hybridized carbons (Fsp3) is 0.560. The Balaban J connectivity index is 1.68. The third-order valence-electron chi connectivity index (χ3n) is 6.01. The Morgan fingerprint density at radius 1 is 1.18 bits per heavy atom. The van der Waals surface area contributed by atoms with Crippen molar-refractivity contribution < 1.29 is 24.2 Å². The molecule has 2 aliphatic rings. The molecule has 0 spiro atoms. The molecule has 1 aromatic carbocycles. The second kappa shape index (κ2) is 11.1. The van der Waals surface area contributed by atoms with E-state index in [1.807, 2.05) is 12.1 Å². The Bertz CT molecular complexity index is 960. The van der Waals surface area contributed by atoms with Crippen LogP contribution in [0.5, 0.6) is 0 Å². The number of aliphatic hydroxyl groups excluding tert-OH is 1. The summed E-state index contributed by atoms with van der Waals surface area (Å²) < 4.78 is 5.66. The first-order valence-electron chi connectivity index (χ1n) is 11.7. The highest BCUT2D eigenvalue weighted by molar-refractivity contribution is 6.76. The number of imide groups is 1. The van der Waals surface area contributed by atoms with Crippen LogP contribution in [0, 0.1) is 11.8 Å². The van der Waals surface area contributed by atoms with E-state index in [-0.39, 0.29) is 37.5 Å². The van der Waals surface area contributed by atoms with Gasteiger partial charge in [0.1, 0.15) is 12.8 Å². The van der Waals surface area contributed by atoms with E-state index in [0.29, 0.717) is 38.0 Å². The number of carbonyl (C=O) groups is 3. The van der Waals surface area contributed by atoms with E-state index in [4.69, 9.17) is 9.84 Å². The molecular weight excluding hydrogens is 436 g/mol. The van der Waals surface area contributed by atoms with Gasteiger partial charge >= 0.3 is 0 Å². The summed E-state index contributed by atoms with van der Waals surface area (Å²) in [6.07, 6.45) is 2.76. The fourth-order valence-electron chi connectivity index (χ4n) is 3.99. The maximum Gasteiger partial charge on any atom is 0.255 e. The Morgan fingerprint density at radius 3 is 2.70 bits per heavy atom. The second-order valence-electron chi connectivity index (χ2n) is 9.81. The van der Waals surface area contributed by atoms with Crippen molar-refractivity contribution in [3.8, 4) is 11.8 Å². The summed E-state index contributed by atoms with van der Waals surface area (Å²) in [6.45, 7) is 7.66. The number of aliphatic hydroxyl groups is 1. The highest BCUT2D eigenvalue weighted by Crippen LogP contribution is 2.31. The van der Waals surface area contributed by atoms with Crippen LogP contribution in [0.2, 0.25) is 25.7 Å². The predicted octanol–water partition coefficient (Wildman–Crippen LogP) is 2.99. The summed E-state index contributed by atoms with van der Waals surface area (Å²) in [4.78, 5) is 41.4. The Morgan fingerprint density at radius 2 is 1.97 bits per heavy atom. The molecule has 3 amide bonds. The number of carbonyl (C=O) groups excluding carboxylic acids is 3. The summed E-state index contributed by atoms with van der Waals surface area (Å²) in [5, 5.41) is 8.89. The van der Waals surface area contributed by atoms with Gasteiger partial charge in [0.05, 0.1) is 0 Å². The van der Waals surface area contributed by atoms with Gasteiger partial charge in [-0.1, -0.05) is 37.5 Å². The van der Waals surface area contributed by atoms with Crippen molar-refractivity contribution in [2.45, 2.75) is 70.4 Å². The maximum absolute atomic E-state index is 13.2. The molecule has 0 radical (unpaired) electrons. The van der Waals surface area contributed by atoms with Crippen molar-refractivity contribution in [2.75, 3.05) is 19.9 Å². The van der Waals surface area contributed by atoms with Crippen molar-refractivity contribution in [1.29, 1.82) is 0 Å². The summed E-state index contributed by atoms with van der Waals surface area (Å²) in [6, 6.07) is 5.75. The van der Waals surface area contributed by atoms with E-state index < -0.39 is 14.1 Å². The van der Waals surface area contributed by atoms with E-state index in [1.54, 1.807) is 11.0 Å². The van der Waals surface area contributed by atoms with Gasteiger partial charge in [-0.05, 0) is 43.0 Å². The zero-order chi connectivity index (χ0) is 24.0. The van der Waals surface area contributed by atoms with Crippen LogP contribution in [0.4, 0.5) is 0 Å². The predicted molar refractivity (Wildman–Crippen MR) is 128 cm³/mol. The van der Waals surface area contributed by atoms with Crippen molar-refractivity contribution in [2.24, 2.45) is 0 Å². The number of benzene rings is 1. The quantitative estimate of drug-likeness (QED) is 0.259. The zero-order valence-electron chi connectivity index (χ0n) is 19.9. The zero-order valence-corrected chi connectivity index (χ0v) is 20.9. The lowest BCUT2D eigenvalue weighted by molar-refractivity contribution is -0.158. The molecule has 1 unspecified atom stereocenters. The number of ether oxygens (including phenoxy) is 1. The minimum absolute atomic E-state index is 0.0574. The molecule has 1 fully saturated rings. The Kier molecular flexibility index (Phi) is 8.46. The average Bonchev–Trinajstić information content (AvgIpc) is 3.09. The minimum atomic E-state index is -1.27. The van der Waals surface area contributed by atoms with E-state index in [1.165, 1.54) is 0 Å². The van der Waals surface area contributed by atoms with Gasteiger partial charge in [0.2, 0.25) is 5.91 Å². The second-order valence-corrected chi connectivity index (χ2v) is 15.4. The number of unbranched alkanes of at least 4 members (excludes halogenated alkanes) is 2. The molecule has 0 aromatic heterocycles. The molecule has 1 aromatic rings. The molecule has 3 rings (SSSR count). The van der Waals surface area contributed by atoms with Crippen molar-refractivity contribution in [3.63, 3.8) is 0 Å². The number of rotatable bonds is 9. The van der Waals surface area contributed by atoms with E-state index in [0.717, 1.165) is 28.5 Å². The summed E-state index contributed by atoms with van der Waals surface area (Å²) >= 11 is 0. The average molecular weight is 471 g/mol. The number of hydrogen-bond donors (Lipinski definition) is 1. The fourth-order valence-corrected chi connectivity index (χ4v) is 4.74. The summed E-state index contributed by atoms with van der Waals surface area (Å²) in [7, 11) is -1.27. The van der Waals surface area contributed by atoms with E-state index in [2.05, 4.69) is 31.5 Å². The highest BCUT2D eigenvalue weighted by Gasteiger charge is 2.43. The monoisotopic (exact) mass is 470 g/mol. The molecule has 1 atom stereocenters. The van der Waals surface area contributed by atoms with Crippen LogP contribution >= 0.6 is 0 Å². The number of likely N-dealkylation sites (tertiary alicyclic amines) is 1. The van der Waals surface area contributed by atoms with Crippen LogP contribution < -0.4 is 0 Å². The van der Waals surface area contributed by atoms with Gasteiger partial charge in [0.25, 0.3) is 11.8 Å². The third kappa shape index (κ3) is 6.31. The molecule has 2 heterocycles. The number of hydrogen-bond acceptors (Lipinski definition) is 5. The molecule has 2 aliphatic heterocycles. The molecule has 33 heavy (non-hydrogen) atoms. The smallest absolute Gasteiger partial charge is 0.255 e. The van der Waals surface area contributed by atoms with Gasteiger partial charge in [-0.2, -0.15) is 0 Å². The van der Waals surface area contributed by atoms with Crippen LogP contribution in [0.3, 0.4) is 0 Å². The number of amides is 3. The number of piperidine rings is 1. The lowest BCUT2D eigenvalue weighted by Crippen LogP contribution is -2.55. The minimum Gasteiger partial charge on any atom is -0.396 e. The lowest BCUT2D eigenvalue weighted by Gasteiger charge is -2.35. The Labute approximate surface area is 197 Å². The maximum atomic E-state index is 13.2. The molecule has 8 heteroatoms. The van der Waals surface area contributed by atoms with Crippen LogP contribution in [-0.4, -0.2) is 66.7 Å². The Hall–Kier alpha value is -2.47. The van der Waals surface area contributed by atoms with Gasteiger partial charge < -0.3 is 14.7 Å². The third-order valence-corrected chi connectivity index (χ3v) is 7.71. The lowest BCUT2D eigenvalue weighted by atomic mass is 10.0. The largest absolute Gasteiger partial charge is 0.396 e. The number of fused-ring (bicyclic) bond motifs is 1. The molecule has 0 aliphatic carbocycles. The molecular formula is C25H34N2O5Si. The molecule has 1 N–H and O–H groups in total. The summed E-state index contributed by atoms with van der Waals surface area (Å²) in [5.74, 6) is 5.45. The normalized spacial score (nSPS) is 18.4. The highest BCUT2D eigenvalue weighted by atomic mass is 28.3. The SMILES string of the molecule is C[Si](C)(C)CCOCN1C(=O)CCC(N2Cc3c(C#CCCCCO)cccc3C2=O)C1=O. The van der Waals surface area contributed by atoms with Gasteiger partial charge in [0.15, 0.2) is 0 Å². The van der Waals surface area contributed by atoms with Crippen molar-refractivity contribution in [1.82, 2.24) is 9.80 Å². The first kappa shape index (κ1) is 25.2. The van der Waals surface area contributed by atoms with Gasteiger partial charge in [-0.15, -0.1) is 0 Å². The standard InChI is InChI=1S/C25H34N2O5Si/c1-33(2,3)16-15-32-18-27-23(29)13-12-22(25(27)31)26-17-21-19(9-6-4-5-7-14-28)10-8-11-20(21)24(26)30/h8,10-11,22,28H,4-5,7,12-18H2,1-3H3. The topological polar surface area (TPSA) is 87.2 Å². The van der Waals surface area contributed by atoms with Crippen LogP contribution in [0.25, 0.3) is 0 Å². The van der Waals surface area contributed by atoms with Crippen LogP contribution in [0.1, 0.15) is 53.6 Å². The van der Waals surface area contributed by atoms with Crippen LogP contribution in [0.15, 0.2) is 18.2 Å². The van der Waals surface area contributed by atoms with E-state index in [9.17, 15) is 14.4 Å². The molecule has 0 saturated carbocycles. The van der Waals surface area contributed by atoms with Gasteiger partial charge in [0, 0.05) is 51.8 Å². The molecule has 1 saturated heterocycles. The number of nitrogens with zero attached hydrogens (tertiary/aromatic N) is 2. The summed E-state index contributed by atoms with van der Waals surface area (Å²) in [5.41, 5.74) is 2.19. The van der Waals surface area contributed by atoms with Crippen molar-refractivity contribution >= 4 is 25.8 Å².